The molecular weight excluding hydrogens is 1860 g/mol. The Morgan fingerprint density at radius 3 is 1.44 bits per heavy atom. The van der Waals surface area contributed by atoms with Gasteiger partial charge >= 0.3 is 12.1 Å². The highest BCUT2D eigenvalue weighted by molar-refractivity contribution is 9.11. The highest BCUT2D eigenvalue weighted by Crippen LogP contribution is 2.42. The zero-order chi connectivity index (χ0) is 93.3. The summed E-state index contributed by atoms with van der Waals surface area (Å²) in [5.74, 6) is 10.8. The van der Waals surface area contributed by atoms with Crippen molar-refractivity contribution < 1.29 is 85.7 Å². The van der Waals surface area contributed by atoms with Crippen molar-refractivity contribution in [1.29, 1.82) is 0 Å². The summed E-state index contributed by atoms with van der Waals surface area (Å²) in [5.41, 5.74) is 6.10. The number of nitrogens with zero attached hydrogens (tertiary/aromatic N) is 10. The molecule has 670 valence electrons. The maximum Gasteiger partial charge on any atom is 0.433 e. The molecule has 125 heavy (non-hydrogen) atoms. The number of amides is 2. The lowest BCUT2D eigenvalue weighted by Crippen LogP contribution is -2.40. The third-order valence-electron chi connectivity index (χ3n) is 19.6. The number of hydrazine groups is 1. The molecule has 2 aliphatic carbocycles. The number of nitrogens with two attached hydrogens (primary N) is 1. The van der Waals surface area contributed by atoms with Crippen molar-refractivity contribution in [2.75, 3.05) is 47.2 Å². The minimum Gasteiger partial charge on any atom is -0.478 e. The summed E-state index contributed by atoms with van der Waals surface area (Å²) in [7, 11) is 7.10. The Morgan fingerprint density at radius 2 is 1.03 bits per heavy atom. The Kier molecular flexibility index (Phi) is 35.5. The van der Waals surface area contributed by atoms with Crippen LogP contribution in [0.3, 0.4) is 0 Å². The van der Waals surface area contributed by atoms with E-state index in [9.17, 15) is 72.0 Å². The van der Waals surface area contributed by atoms with Crippen LogP contribution < -0.4 is 38.8 Å². The second kappa shape index (κ2) is 43.7. The van der Waals surface area contributed by atoms with Crippen LogP contribution in [0, 0.1) is 38.0 Å². The van der Waals surface area contributed by atoms with E-state index in [1.807, 2.05) is 49.6 Å². The number of pyridine rings is 4. The van der Waals surface area contributed by atoms with Crippen LogP contribution in [0.1, 0.15) is 115 Å². The fraction of sp³-hybridized carbons (Fsp3) is 0.388. The minimum atomic E-state index is -4.87. The number of ether oxygens (including phenoxy) is 4. The average Bonchev–Trinajstić information content (AvgIpc) is 1.61. The maximum atomic E-state index is 12.9. The van der Waals surface area contributed by atoms with Crippen LogP contribution in [0.25, 0.3) is 33.0 Å². The Hall–Kier alpha value is -10.4. The van der Waals surface area contributed by atoms with E-state index in [4.69, 9.17) is 34.6 Å². The van der Waals surface area contributed by atoms with Gasteiger partial charge in [-0.15, -0.1) is 26.8 Å². The van der Waals surface area contributed by atoms with E-state index in [1.165, 1.54) is 52.0 Å². The predicted molar refractivity (Wildman–Crippen MR) is 478 cm³/mol. The maximum absolute atomic E-state index is 12.9. The van der Waals surface area contributed by atoms with Gasteiger partial charge < -0.3 is 86.0 Å². The number of allylic oxidation sites excluding steroid dienone is 2. The van der Waals surface area contributed by atoms with Crippen LogP contribution in [-0.2, 0) is 107 Å². The molecule has 0 fully saturated rings. The van der Waals surface area contributed by atoms with Gasteiger partial charge in [0.1, 0.15) is 56.5 Å². The number of aromatic carboxylic acids is 1. The molecule has 0 spiro atoms. The summed E-state index contributed by atoms with van der Waals surface area (Å²) in [4.78, 5) is 96.8. The molecule has 0 radical (unpaired) electrons. The molecular formula is C85H101Br3F3N13O19Si2. The van der Waals surface area contributed by atoms with Crippen molar-refractivity contribution >= 4 is 120 Å². The summed E-state index contributed by atoms with van der Waals surface area (Å²) in [5, 5.41) is 67.1. The molecule has 0 saturated heterocycles. The Labute approximate surface area is 744 Å². The minimum absolute atomic E-state index is 0.0243. The zero-order valence-electron chi connectivity index (χ0n) is 72.1. The highest BCUT2D eigenvalue weighted by Gasteiger charge is 2.54. The van der Waals surface area contributed by atoms with Gasteiger partial charge in [-0.1, -0.05) is 129 Å². The molecule has 2 atom stereocenters. The number of aromatic nitrogens is 10. The summed E-state index contributed by atoms with van der Waals surface area (Å²) < 4.78 is 80.3. The Bertz CT molecular complexity index is 6080. The van der Waals surface area contributed by atoms with Gasteiger partial charge in [0.2, 0.25) is 29.2 Å². The molecule has 32 nitrogen and oxygen atoms in total. The van der Waals surface area contributed by atoms with E-state index < -0.39 is 45.4 Å². The molecule has 2 aromatic carbocycles. The summed E-state index contributed by atoms with van der Waals surface area (Å²) >= 11 is 10.4. The molecule has 8 heterocycles. The van der Waals surface area contributed by atoms with E-state index >= 15 is 0 Å². The number of carboxylic acids is 1. The van der Waals surface area contributed by atoms with Crippen LogP contribution in [0.15, 0.2) is 138 Å². The number of halogens is 6. The molecule has 12 rings (SSSR count). The second-order valence-electron chi connectivity index (χ2n) is 31.6. The summed E-state index contributed by atoms with van der Waals surface area (Å²) in [6.07, 6.45) is 7.44. The van der Waals surface area contributed by atoms with E-state index in [0.29, 0.717) is 107 Å². The lowest BCUT2D eigenvalue weighted by atomic mass is 9.94. The van der Waals surface area contributed by atoms with Gasteiger partial charge in [0.05, 0.1) is 17.7 Å². The fourth-order valence-corrected chi connectivity index (χ4v) is 16.6. The smallest absolute Gasteiger partial charge is 0.433 e. The number of nitrogens with one attached hydrogen (secondary N) is 2. The first-order valence-corrected chi connectivity index (χ1v) is 48.3. The number of carboxylic acid groups (broad SMARTS) is 1. The monoisotopic (exact) mass is 1960 g/mol. The number of terminal acetylenes is 1. The molecule has 2 amide bonds. The van der Waals surface area contributed by atoms with Crippen molar-refractivity contribution in [3.05, 3.63) is 236 Å². The number of hydrogen-bond donors (Lipinski definition) is 8. The fourth-order valence-electron chi connectivity index (χ4n) is 13.0. The first kappa shape index (κ1) is 102. The van der Waals surface area contributed by atoms with Gasteiger partial charge in [0.25, 0.3) is 34.1 Å². The number of fused-ring (bicyclic) bond motifs is 4. The van der Waals surface area contributed by atoms with Gasteiger partial charge in [-0.2, -0.15) is 13.2 Å². The number of aryl methyl sites for hydroxylation is 4. The quantitative estimate of drug-likeness (QED) is 0.00696. The molecule has 9 N–H and O–H groups in total. The van der Waals surface area contributed by atoms with Crippen molar-refractivity contribution in [1.82, 2.24) is 58.5 Å². The number of rotatable bonds is 24. The lowest BCUT2D eigenvalue weighted by molar-refractivity contribution is -0.240. The molecule has 0 bridgehead atoms. The van der Waals surface area contributed by atoms with E-state index in [1.54, 1.807) is 87.5 Å². The Morgan fingerprint density at radius 1 is 0.616 bits per heavy atom. The van der Waals surface area contributed by atoms with Crippen molar-refractivity contribution in [3.63, 3.8) is 0 Å². The van der Waals surface area contributed by atoms with Crippen LogP contribution in [0.5, 0.6) is 0 Å². The number of aliphatic hydroxyl groups excluding tert-OH is 2. The number of ketones is 1. The van der Waals surface area contributed by atoms with Crippen LogP contribution in [0.4, 0.5) is 13.2 Å². The first-order valence-electron chi connectivity index (χ1n) is 38.5. The number of Topliss-reactive ketones (excluding diaryl/α,β-unsaturated/α-hetero) is 1. The highest BCUT2D eigenvalue weighted by atomic mass is 79.9. The number of methoxy groups -OCH3 is 2. The molecule has 2 unspecified atom stereocenters. The topological polar surface area (TPSA) is 432 Å². The van der Waals surface area contributed by atoms with E-state index in [0.717, 1.165) is 56.5 Å². The van der Waals surface area contributed by atoms with E-state index in [2.05, 4.69) is 135 Å². The first-order chi connectivity index (χ1) is 58.6. The number of hydrogen-bond acceptors (Lipinski definition) is 23. The van der Waals surface area contributed by atoms with Crippen LogP contribution in [-0.4, -0.2) is 166 Å². The van der Waals surface area contributed by atoms with Crippen LogP contribution >= 0.6 is 47.8 Å². The number of carbonyl (C=O) groups is 4. The molecule has 10 aromatic rings. The standard InChI is InChI=1S/C23H21N3O4.C20H30BrN3O5Si.C16H23BrN2O4Si.C13H12BrN3O3.C10H7F3O.C3H8N2O2/c1-14-11-17-20(19(14)21-25-24-18(13-27)30-21)15(12-26(3)22(17)28)9-10-23(2,29)16-7-5-4-6-8-16;1-13-16(19(26)22-9-14(25)11-28-3)17-15(21)10-23(2)20(27)18(17)24(13)12-29-7-8-30(4,5)6;1-10-12(16(21)22)13-11(17)8-18(2)15(20)14(13)19(10)9-23-6-7-24(3,4)5;1-6-3-7-11(8(14)4-17(2)13(7)19)10(6)12-16-15-9(5-18)20-12;1-2-9(14,10(11,12)13)8-6-4-3-5-7-8;1-7-2-3(6)5-4/h4-8,12,27,29H,11,13H2,1-3H3;10H,7-9,11-12H2,1-6H3,(H,22,26);8H,6-7,9H2,1-5H3,(H,21,22);4,18H,3,5H2,1-2H3;1,3-7,14H;2,4H2,1H3,(H,5,6). The van der Waals surface area contributed by atoms with Crippen molar-refractivity contribution in [2.45, 2.75) is 143 Å². The zero-order valence-corrected chi connectivity index (χ0v) is 78.9. The van der Waals surface area contributed by atoms with Gasteiger partial charge in [-0.05, 0) is 100 Å². The predicted octanol–water partition coefficient (Wildman–Crippen LogP) is 10.1. The molecule has 8 aromatic heterocycles. The number of benzene rings is 2. The molecule has 2 aliphatic rings. The largest absolute Gasteiger partial charge is 0.478 e. The second-order valence-corrected chi connectivity index (χ2v) is 45.4. The van der Waals surface area contributed by atoms with Crippen molar-refractivity contribution in [3.8, 4) is 24.2 Å². The molecule has 0 aliphatic heterocycles. The third kappa shape index (κ3) is 24.8. The lowest BCUT2D eigenvalue weighted by Gasteiger charge is -2.25. The number of alkyl halides is 3. The van der Waals surface area contributed by atoms with Gasteiger partial charge in [-0.3, -0.25) is 39.0 Å². The molecule has 0 saturated carbocycles. The SMILES string of the molecule is C#CC(O)(c1ccccc1)C(F)(F)F.CC1=C(c2nnc(CO)o2)c2c(Br)cn(C)c(=O)c2C1.CC1=C(c2nnc(CO)o2)c2c(C#CC(C)(O)c3ccccc3)cn(C)c(=O)c2C1.COCC(=O)CNC(=O)c1c(C)n(COCC[Si](C)(C)C)c2c(=O)n(C)cc(Br)c12.COCC(=O)NN.Cc1c(C(=O)O)c2c(Br)cn(C)c(=O)c2n1COCC[Si](C)(C)C. The molecule has 40 heteroatoms. The summed E-state index contributed by atoms with van der Waals surface area (Å²) in [6.45, 7) is 23.2. The van der Waals surface area contributed by atoms with Crippen molar-refractivity contribution in [2.24, 2.45) is 34.0 Å². The average molecular weight is 1960 g/mol. The Balaban J connectivity index is 0.000000214. The van der Waals surface area contributed by atoms with E-state index in [-0.39, 0.29) is 109 Å². The van der Waals surface area contributed by atoms with Gasteiger partial charge in [0, 0.05) is 190 Å². The third-order valence-corrected chi connectivity index (χ3v) is 24.8. The van der Waals surface area contributed by atoms with Crippen LogP contribution in [0.2, 0.25) is 51.4 Å². The number of aliphatic hydroxyl groups is 4. The number of carbonyl (C=O) groups excluding carboxylic acids is 3. The normalized spacial score (nSPS) is 13.2. The van der Waals surface area contributed by atoms with Gasteiger partial charge in [0.15, 0.2) is 5.78 Å². The summed E-state index contributed by atoms with van der Waals surface area (Å²) in [6, 6.07) is 17.7. The van der Waals surface area contributed by atoms with Gasteiger partial charge in [-0.25, -0.2) is 10.6 Å².